The van der Waals surface area contributed by atoms with Gasteiger partial charge in [-0.25, -0.2) is 9.18 Å². The Hall–Kier alpha value is -3.43. The topological polar surface area (TPSA) is 84.5 Å². The molecule has 2 aromatic rings. The lowest BCUT2D eigenvalue weighted by Gasteiger charge is -2.10. The van der Waals surface area contributed by atoms with E-state index in [0.717, 1.165) is 12.1 Å². The van der Waals surface area contributed by atoms with Crippen molar-refractivity contribution < 1.29 is 36.7 Å². The van der Waals surface area contributed by atoms with E-state index in [-0.39, 0.29) is 11.5 Å². The van der Waals surface area contributed by atoms with Gasteiger partial charge in [0.1, 0.15) is 18.1 Å². The van der Waals surface area contributed by atoms with Crippen molar-refractivity contribution >= 4 is 17.7 Å². The van der Waals surface area contributed by atoms with Crippen LogP contribution in [0.3, 0.4) is 0 Å². The largest absolute Gasteiger partial charge is 0.484 e. The molecule has 0 unspecified atom stereocenters. The average molecular weight is 398 g/mol. The second-order valence-electron chi connectivity index (χ2n) is 5.50. The predicted molar refractivity (Wildman–Crippen MR) is 89.4 cm³/mol. The standard InChI is InChI=1S/C18H14F4N2O4/c19-13-5-1-11(2-6-13)16(26)12-3-7-14(8-4-12)28-9-15(25)24-17(27)23-10-18(20,21)22/h1-8H,9-10H2,(H2,23,24,25,27). The van der Waals surface area contributed by atoms with Gasteiger partial charge in [-0.15, -0.1) is 0 Å². The maximum absolute atomic E-state index is 12.9. The highest BCUT2D eigenvalue weighted by Crippen LogP contribution is 2.16. The van der Waals surface area contributed by atoms with Crippen LogP contribution in [0.15, 0.2) is 48.5 Å². The normalized spacial score (nSPS) is 10.9. The maximum Gasteiger partial charge on any atom is 0.405 e. The number of halogens is 4. The number of benzene rings is 2. The van der Waals surface area contributed by atoms with Crippen molar-refractivity contribution in [1.82, 2.24) is 10.6 Å². The number of imide groups is 1. The molecule has 0 radical (unpaired) electrons. The number of carbonyl (C=O) groups is 3. The zero-order valence-electron chi connectivity index (χ0n) is 14.2. The number of hydrogen-bond acceptors (Lipinski definition) is 4. The van der Waals surface area contributed by atoms with Gasteiger partial charge >= 0.3 is 12.2 Å². The van der Waals surface area contributed by atoms with E-state index in [9.17, 15) is 31.9 Å². The van der Waals surface area contributed by atoms with Gasteiger partial charge in [0.2, 0.25) is 0 Å². The van der Waals surface area contributed by atoms with Gasteiger partial charge in [-0.05, 0) is 48.5 Å². The molecule has 0 saturated carbocycles. The highest BCUT2D eigenvalue weighted by molar-refractivity contribution is 6.09. The molecule has 0 bridgehead atoms. The van der Waals surface area contributed by atoms with Crippen molar-refractivity contribution in [2.75, 3.05) is 13.2 Å². The minimum atomic E-state index is -4.59. The van der Waals surface area contributed by atoms with Gasteiger partial charge in [0.05, 0.1) is 0 Å². The molecule has 2 rings (SSSR count). The number of rotatable bonds is 6. The number of ether oxygens (including phenoxy) is 1. The third kappa shape index (κ3) is 6.71. The summed E-state index contributed by atoms with van der Waals surface area (Å²) in [6, 6.07) is 9.35. The molecule has 28 heavy (non-hydrogen) atoms. The summed E-state index contributed by atoms with van der Waals surface area (Å²) < 4.78 is 53.8. The summed E-state index contributed by atoms with van der Waals surface area (Å²) >= 11 is 0. The minimum absolute atomic E-state index is 0.196. The number of nitrogens with one attached hydrogen (secondary N) is 2. The summed E-state index contributed by atoms with van der Waals surface area (Å²) in [5, 5.41) is 3.16. The Morgan fingerprint density at radius 2 is 1.43 bits per heavy atom. The molecule has 0 aromatic heterocycles. The van der Waals surface area contributed by atoms with E-state index in [1.54, 1.807) is 5.32 Å². The molecule has 6 nitrogen and oxygen atoms in total. The number of ketones is 1. The second kappa shape index (κ2) is 8.98. The number of alkyl halides is 3. The Morgan fingerprint density at radius 1 is 0.893 bits per heavy atom. The Labute approximate surface area is 156 Å². The lowest BCUT2D eigenvalue weighted by atomic mass is 10.0. The molecular weight excluding hydrogens is 384 g/mol. The number of urea groups is 1. The fraction of sp³-hybridized carbons (Fsp3) is 0.167. The molecular formula is C18H14F4N2O4. The summed E-state index contributed by atoms with van der Waals surface area (Å²) in [4.78, 5) is 34.8. The minimum Gasteiger partial charge on any atom is -0.484 e. The average Bonchev–Trinajstić information content (AvgIpc) is 2.65. The quantitative estimate of drug-likeness (QED) is 0.579. The Balaban J connectivity index is 1.83. The van der Waals surface area contributed by atoms with Crippen molar-refractivity contribution in [3.8, 4) is 5.75 Å². The highest BCUT2D eigenvalue weighted by Gasteiger charge is 2.28. The third-order valence-electron chi connectivity index (χ3n) is 3.30. The summed E-state index contributed by atoms with van der Waals surface area (Å²) in [6.45, 7) is -2.19. The van der Waals surface area contributed by atoms with Gasteiger partial charge in [-0.3, -0.25) is 14.9 Å². The lowest BCUT2D eigenvalue weighted by molar-refractivity contribution is -0.125. The highest BCUT2D eigenvalue weighted by atomic mass is 19.4. The molecule has 0 atom stereocenters. The summed E-state index contributed by atoms with van der Waals surface area (Å²) in [5.74, 6) is -1.57. The molecule has 0 spiro atoms. The van der Waals surface area contributed by atoms with E-state index in [0.29, 0.717) is 11.1 Å². The molecule has 0 aliphatic heterocycles. The van der Waals surface area contributed by atoms with Crippen LogP contribution in [0.2, 0.25) is 0 Å². The third-order valence-corrected chi connectivity index (χ3v) is 3.30. The molecule has 0 fully saturated rings. The number of carbonyl (C=O) groups excluding carboxylic acids is 3. The molecule has 10 heteroatoms. The van der Waals surface area contributed by atoms with Crippen molar-refractivity contribution in [3.05, 3.63) is 65.5 Å². The lowest BCUT2D eigenvalue weighted by Crippen LogP contribution is -2.44. The Kier molecular flexibility index (Phi) is 6.69. The van der Waals surface area contributed by atoms with Crippen LogP contribution in [-0.4, -0.2) is 37.0 Å². The zero-order valence-corrected chi connectivity index (χ0v) is 14.2. The monoisotopic (exact) mass is 398 g/mol. The van der Waals surface area contributed by atoms with Crippen LogP contribution in [-0.2, 0) is 4.79 Å². The van der Waals surface area contributed by atoms with E-state index in [4.69, 9.17) is 4.74 Å². The van der Waals surface area contributed by atoms with E-state index in [1.165, 1.54) is 41.7 Å². The van der Waals surface area contributed by atoms with Crippen LogP contribution in [0.1, 0.15) is 15.9 Å². The molecule has 0 aliphatic carbocycles. The van der Waals surface area contributed by atoms with Crippen LogP contribution in [0, 0.1) is 5.82 Å². The van der Waals surface area contributed by atoms with E-state index < -0.39 is 37.1 Å². The molecule has 2 aromatic carbocycles. The first-order chi connectivity index (χ1) is 13.1. The van der Waals surface area contributed by atoms with Gasteiger partial charge in [-0.2, -0.15) is 13.2 Å². The van der Waals surface area contributed by atoms with Crippen LogP contribution in [0.5, 0.6) is 5.75 Å². The molecule has 0 heterocycles. The first-order valence-electron chi connectivity index (χ1n) is 7.81. The van der Waals surface area contributed by atoms with Crippen LogP contribution in [0.25, 0.3) is 0 Å². The number of hydrogen-bond donors (Lipinski definition) is 2. The van der Waals surface area contributed by atoms with Crippen molar-refractivity contribution in [2.45, 2.75) is 6.18 Å². The van der Waals surface area contributed by atoms with E-state index in [1.807, 2.05) is 0 Å². The Morgan fingerprint density at radius 3 is 1.96 bits per heavy atom. The Bertz CT molecular complexity index is 849. The SMILES string of the molecule is O=C(COc1ccc(C(=O)c2ccc(F)cc2)cc1)NC(=O)NCC(F)(F)F. The molecule has 0 aliphatic rings. The summed E-state index contributed by atoms with van der Waals surface area (Å²) in [5.41, 5.74) is 0.592. The van der Waals surface area contributed by atoms with Crippen LogP contribution < -0.4 is 15.4 Å². The summed E-state index contributed by atoms with van der Waals surface area (Å²) in [7, 11) is 0. The molecule has 0 saturated heterocycles. The van der Waals surface area contributed by atoms with E-state index in [2.05, 4.69) is 0 Å². The van der Waals surface area contributed by atoms with Gasteiger partial charge < -0.3 is 10.1 Å². The van der Waals surface area contributed by atoms with Crippen molar-refractivity contribution in [3.63, 3.8) is 0 Å². The number of amides is 3. The predicted octanol–water partition coefficient (Wildman–Crippen LogP) is 2.82. The summed E-state index contributed by atoms with van der Waals surface area (Å²) in [6.07, 6.45) is -4.59. The van der Waals surface area contributed by atoms with Gasteiger partial charge in [-0.1, -0.05) is 0 Å². The van der Waals surface area contributed by atoms with Gasteiger partial charge in [0.15, 0.2) is 12.4 Å². The van der Waals surface area contributed by atoms with Crippen LogP contribution >= 0.6 is 0 Å². The van der Waals surface area contributed by atoms with Crippen molar-refractivity contribution in [1.29, 1.82) is 0 Å². The first kappa shape index (κ1) is 20.9. The smallest absolute Gasteiger partial charge is 0.405 e. The maximum atomic E-state index is 12.9. The second-order valence-corrected chi connectivity index (χ2v) is 5.50. The van der Waals surface area contributed by atoms with Crippen molar-refractivity contribution in [2.24, 2.45) is 0 Å². The fourth-order valence-corrected chi connectivity index (χ4v) is 2.01. The fourth-order valence-electron chi connectivity index (χ4n) is 2.01. The van der Waals surface area contributed by atoms with Crippen LogP contribution in [0.4, 0.5) is 22.4 Å². The van der Waals surface area contributed by atoms with Gasteiger partial charge in [0, 0.05) is 11.1 Å². The van der Waals surface area contributed by atoms with Gasteiger partial charge in [0.25, 0.3) is 5.91 Å². The van der Waals surface area contributed by atoms with E-state index >= 15 is 0 Å². The molecule has 148 valence electrons. The molecule has 3 amide bonds. The molecule has 2 N–H and O–H groups in total. The zero-order chi connectivity index (χ0) is 20.7. The first-order valence-corrected chi connectivity index (χ1v) is 7.81.